The van der Waals surface area contributed by atoms with E-state index in [1.54, 1.807) is 9.80 Å². The summed E-state index contributed by atoms with van der Waals surface area (Å²) < 4.78 is 41.1. The van der Waals surface area contributed by atoms with Gasteiger partial charge in [-0.05, 0) is 32.0 Å². The minimum Gasteiger partial charge on any atom is -0.365 e. The fraction of sp³-hybridized carbons (Fsp3) is 0.316. The molecule has 1 saturated heterocycles. The van der Waals surface area contributed by atoms with Gasteiger partial charge in [0, 0.05) is 48.8 Å². The maximum atomic E-state index is 14.0. The van der Waals surface area contributed by atoms with Gasteiger partial charge in [-0.2, -0.15) is 9.65 Å². The molecular formula is C19H18F3N5O. The molecular weight excluding hydrogens is 371 g/mol. The van der Waals surface area contributed by atoms with Gasteiger partial charge in [0.25, 0.3) is 0 Å². The van der Waals surface area contributed by atoms with Gasteiger partial charge >= 0.3 is 6.03 Å². The number of nitriles is 1. The van der Waals surface area contributed by atoms with Crippen molar-refractivity contribution >= 4 is 17.4 Å². The van der Waals surface area contributed by atoms with Gasteiger partial charge in [0.15, 0.2) is 0 Å². The zero-order chi connectivity index (χ0) is 20.4. The molecule has 0 spiro atoms. The number of anilines is 2. The molecule has 28 heavy (non-hydrogen) atoms. The normalized spacial score (nSPS) is 19.3. The molecule has 146 valence electrons. The predicted molar refractivity (Wildman–Crippen MR) is 97.3 cm³/mol. The number of carbonyl (C=O) groups is 1. The number of amides is 2. The van der Waals surface area contributed by atoms with E-state index in [1.165, 1.54) is 18.3 Å². The van der Waals surface area contributed by atoms with E-state index in [2.05, 4.69) is 10.3 Å². The van der Waals surface area contributed by atoms with Crippen molar-refractivity contribution in [3.05, 3.63) is 53.6 Å². The molecule has 1 aromatic carbocycles. The molecule has 1 unspecified atom stereocenters. The van der Waals surface area contributed by atoms with Crippen LogP contribution in [0.1, 0.15) is 19.4 Å². The maximum absolute atomic E-state index is 14.0. The van der Waals surface area contributed by atoms with Crippen molar-refractivity contribution in [1.82, 2.24) is 9.88 Å². The summed E-state index contributed by atoms with van der Waals surface area (Å²) in [6, 6.07) is 5.44. The number of benzene rings is 1. The molecule has 1 aromatic heterocycles. The van der Waals surface area contributed by atoms with Crippen LogP contribution in [0.4, 0.5) is 29.3 Å². The van der Waals surface area contributed by atoms with Crippen LogP contribution >= 0.6 is 0 Å². The first kappa shape index (κ1) is 19.5. The molecule has 9 heteroatoms. The third-order valence-corrected chi connectivity index (χ3v) is 4.69. The van der Waals surface area contributed by atoms with Crippen LogP contribution < -0.4 is 10.2 Å². The molecule has 1 aliphatic rings. The van der Waals surface area contributed by atoms with Crippen LogP contribution in [0.2, 0.25) is 0 Å². The Hall–Kier alpha value is -3.28. The second-order valence-electron chi connectivity index (χ2n) is 6.70. The molecule has 2 heterocycles. The van der Waals surface area contributed by atoms with Crippen molar-refractivity contribution in [2.45, 2.75) is 25.9 Å². The number of carbonyl (C=O) groups excluding carboxylic acids is 1. The number of halogens is 3. The minimum atomic E-state index is -0.919. The highest BCUT2D eigenvalue weighted by Crippen LogP contribution is 2.27. The lowest BCUT2D eigenvalue weighted by atomic mass is 10.1. The summed E-state index contributed by atoms with van der Waals surface area (Å²) >= 11 is 0. The molecule has 1 aliphatic heterocycles. The van der Waals surface area contributed by atoms with Crippen LogP contribution in [-0.4, -0.2) is 41.1 Å². The quantitative estimate of drug-likeness (QED) is 0.798. The number of aromatic nitrogens is 1. The van der Waals surface area contributed by atoms with E-state index in [0.29, 0.717) is 18.8 Å². The molecule has 0 radical (unpaired) electrons. The average Bonchev–Trinajstić information content (AvgIpc) is 2.63. The molecule has 2 atom stereocenters. The molecule has 3 rings (SSSR count). The Bertz CT molecular complexity index is 922. The molecule has 2 aromatic rings. The summed E-state index contributed by atoms with van der Waals surface area (Å²) in [5.41, 5.74) is -0.0207. The first-order valence-electron chi connectivity index (χ1n) is 8.65. The van der Waals surface area contributed by atoms with Gasteiger partial charge < -0.3 is 15.1 Å². The summed E-state index contributed by atoms with van der Waals surface area (Å²) in [4.78, 5) is 19.4. The first-order chi connectivity index (χ1) is 13.3. The summed E-state index contributed by atoms with van der Waals surface area (Å²) in [6.45, 7) is 4.27. The van der Waals surface area contributed by atoms with Gasteiger partial charge in [-0.3, -0.25) is 0 Å². The third kappa shape index (κ3) is 3.86. The fourth-order valence-electron chi connectivity index (χ4n) is 3.28. The largest absolute Gasteiger partial charge is 0.365 e. The second kappa shape index (κ2) is 7.76. The maximum Gasteiger partial charge on any atom is 0.322 e. The van der Waals surface area contributed by atoms with Crippen molar-refractivity contribution in [3.8, 4) is 6.07 Å². The van der Waals surface area contributed by atoms with E-state index in [0.717, 1.165) is 18.2 Å². The fourth-order valence-corrected chi connectivity index (χ4v) is 3.28. The lowest BCUT2D eigenvalue weighted by Crippen LogP contribution is -2.59. The Kier molecular flexibility index (Phi) is 5.40. The smallest absolute Gasteiger partial charge is 0.322 e. The highest BCUT2D eigenvalue weighted by atomic mass is 19.1. The van der Waals surface area contributed by atoms with Gasteiger partial charge in [0.1, 0.15) is 23.3 Å². The number of nitrogens with zero attached hydrogens (tertiary/aromatic N) is 4. The van der Waals surface area contributed by atoms with Gasteiger partial charge in [0.05, 0.1) is 0 Å². The summed E-state index contributed by atoms with van der Waals surface area (Å²) in [5, 5.41) is 11.4. The van der Waals surface area contributed by atoms with Crippen molar-refractivity contribution in [1.29, 1.82) is 5.26 Å². The zero-order valence-electron chi connectivity index (χ0n) is 15.3. The first-order valence-corrected chi connectivity index (χ1v) is 8.65. The Morgan fingerprint density at radius 1 is 1.18 bits per heavy atom. The topological polar surface area (TPSA) is 72.3 Å². The van der Waals surface area contributed by atoms with Gasteiger partial charge in [-0.25, -0.2) is 18.6 Å². The number of pyridine rings is 1. The molecule has 6 nitrogen and oxygen atoms in total. The van der Waals surface area contributed by atoms with Crippen LogP contribution in [0.25, 0.3) is 0 Å². The number of urea groups is 1. The SMILES string of the molecule is CC1CN(C(=O)Nc2ccnc(F)c2)[C@H](C)CN1c1cc(F)c(C#N)c(F)c1. The Labute approximate surface area is 160 Å². The van der Waals surface area contributed by atoms with E-state index in [-0.39, 0.29) is 17.8 Å². The average molecular weight is 389 g/mol. The second-order valence-corrected chi connectivity index (χ2v) is 6.70. The van der Waals surface area contributed by atoms with E-state index < -0.39 is 29.2 Å². The number of nitrogens with one attached hydrogen (secondary N) is 1. The molecule has 0 bridgehead atoms. The highest BCUT2D eigenvalue weighted by molar-refractivity contribution is 5.89. The zero-order valence-corrected chi connectivity index (χ0v) is 15.3. The lowest BCUT2D eigenvalue weighted by molar-refractivity contribution is 0.173. The Balaban J connectivity index is 1.75. The predicted octanol–water partition coefficient (Wildman–Crippen LogP) is 3.50. The molecule has 1 N–H and O–H groups in total. The van der Waals surface area contributed by atoms with E-state index in [4.69, 9.17) is 5.26 Å². The Morgan fingerprint density at radius 2 is 1.86 bits per heavy atom. The molecule has 0 aliphatic carbocycles. The number of rotatable bonds is 2. The van der Waals surface area contributed by atoms with Crippen LogP contribution in [0.15, 0.2) is 30.5 Å². The molecule has 0 saturated carbocycles. The van der Waals surface area contributed by atoms with Crippen LogP contribution in [-0.2, 0) is 0 Å². The highest BCUT2D eigenvalue weighted by Gasteiger charge is 2.33. The summed E-state index contributed by atoms with van der Waals surface area (Å²) in [5.74, 6) is -2.54. The molecule has 1 fully saturated rings. The van der Waals surface area contributed by atoms with Crippen LogP contribution in [0.5, 0.6) is 0 Å². The summed E-state index contributed by atoms with van der Waals surface area (Å²) in [6.07, 6.45) is 1.25. The Morgan fingerprint density at radius 3 is 2.46 bits per heavy atom. The van der Waals surface area contributed by atoms with Crippen molar-refractivity contribution in [2.75, 3.05) is 23.3 Å². The number of hydrogen-bond donors (Lipinski definition) is 1. The monoisotopic (exact) mass is 389 g/mol. The van der Waals surface area contributed by atoms with Gasteiger partial charge in [-0.1, -0.05) is 0 Å². The summed E-state index contributed by atoms with van der Waals surface area (Å²) in [7, 11) is 0. The lowest BCUT2D eigenvalue weighted by Gasteiger charge is -2.45. The minimum absolute atomic E-state index is 0.233. The molecule has 2 amide bonds. The van der Waals surface area contributed by atoms with Crippen molar-refractivity contribution in [3.63, 3.8) is 0 Å². The van der Waals surface area contributed by atoms with Crippen LogP contribution in [0, 0.1) is 28.9 Å². The van der Waals surface area contributed by atoms with Gasteiger partial charge in [-0.15, -0.1) is 0 Å². The van der Waals surface area contributed by atoms with E-state index in [9.17, 15) is 18.0 Å². The van der Waals surface area contributed by atoms with E-state index in [1.807, 2.05) is 13.8 Å². The number of hydrogen-bond acceptors (Lipinski definition) is 4. The van der Waals surface area contributed by atoms with Crippen molar-refractivity contribution < 1.29 is 18.0 Å². The standard InChI is InChI=1S/C19H18F3N5O/c1-11-10-27(19(28)25-13-3-4-24-18(22)5-13)12(2)9-26(11)14-6-16(20)15(8-23)17(21)7-14/h3-7,11-12H,9-10H2,1-2H3,(H,24,25,28)/t11?,12-/m1/s1. The van der Waals surface area contributed by atoms with Crippen LogP contribution in [0.3, 0.4) is 0 Å². The third-order valence-electron chi connectivity index (χ3n) is 4.69. The van der Waals surface area contributed by atoms with Crippen molar-refractivity contribution in [2.24, 2.45) is 0 Å². The van der Waals surface area contributed by atoms with E-state index >= 15 is 0 Å². The van der Waals surface area contributed by atoms with Gasteiger partial charge in [0.2, 0.25) is 5.95 Å². The number of piperazine rings is 1.